The molecule has 100 valence electrons. The van der Waals surface area contributed by atoms with Crippen LogP contribution >= 0.6 is 0 Å². The number of nitrogens with one attached hydrogen (secondary N) is 1. The van der Waals surface area contributed by atoms with Crippen molar-refractivity contribution in [3.8, 4) is 6.07 Å². The summed E-state index contributed by atoms with van der Waals surface area (Å²) in [7, 11) is 1.42. The van der Waals surface area contributed by atoms with Crippen LogP contribution in [0.2, 0.25) is 0 Å². The summed E-state index contributed by atoms with van der Waals surface area (Å²) >= 11 is 0. The number of rotatable bonds is 4. The number of hydrogen-bond acceptors (Lipinski definition) is 4. The summed E-state index contributed by atoms with van der Waals surface area (Å²) in [5, 5.41) is 8.83. The molecule has 0 aromatic carbocycles. The molecule has 0 spiro atoms. The molecular weight excluding hydrogens is 246 g/mol. The number of H-pyrrole nitrogens is 1. The number of nitriles is 1. The van der Waals surface area contributed by atoms with Crippen molar-refractivity contribution in [3.63, 3.8) is 0 Å². The number of aryl methyl sites for hydroxylation is 1. The van der Waals surface area contributed by atoms with E-state index in [4.69, 9.17) is 5.26 Å². The highest BCUT2D eigenvalue weighted by atomic mass is 16.2. The van der Waals surface area contributed by atoms with Crippen LogP contribution in [0, 0.1) is 11.3 Å². The van der Waals surface area contributed by atoms with Gasteiger partial charge in [0.2, 0.25) is 5.82 Å². The third-order valence-electron chi connectivity index (χ3n) is 3.07. The van der Waals surface area contributed by atoms with Gasteiger partial charge in [-0.2, -0.15) is 5.26 Å². The zero-order chi connectivity index (χ0) is 14.0. The van der Waals surface area contributed by atoms with E-state index in [9.17, 15) is 9.59 Å². The SMILES string of the molecule is CCCCCn1c(=O)n(C)c(=O)c2[nH]c(C#N)nc21. The zero-order valence-electron chi connectivity index (χ0n) is 10.9. The van der Waals surface area contributed by atoms with E-state index in [1.54, 1.807) is 0 Å². The summed E-state index contributed by atoms with van der Waals surface area (Å²) in [6.45, 7) is 2.56. The number of aromatic amines is 1. The second-order valence-electron chi connectivity index (χ2n) is 4.40. The van der Waals surface area contributed by atoms with E-state index in [0.29, 0.717) is 6.54 Å². The van der Waals surface area contributed by atoms with Crippen LogP contribution in [-0.4, -0.2) is 19.1 Å². The van der Waals surface area contributed by atoms with Gasteiger partial charge < -0.3 is 4.98 Å². The maximum absolute atomic E-state index is 12.1. The molecule has 1 N–H and O–H groups in total. The van der Waals surface area contributed by atoms with Gasteiger partial charge >= 0.3 is 5.69 Å². The van der Waals surface area contributed by atoms with Gasteiger partial charge in [-0.15, -0.1) is 0 Å². The average molecular weight is 261 g/mol. The summed E-state index contributed by atoms with van der Waals surface area (Å²) in [5.74, 6) is 0.0435. The van der Waals surface area contributed by atoms with E-state index in [-0.39, 0.29) is 17.0 Å². The molecule has 0 saturated heterocycles. The van der Waals surface area contributed by atoms with E-state index in [2.05, 4.69) is 16.9 Å². The first kappa shape index (κ1) is 13.1. The number of hydrogen-bond donors (Lipinski definition) is 1. The predicted molar refractivity (Wildman–Crippen MR) is 69.8 cm³/mol. The number of fused-ring (bicyclic) bond motifs is 1. The van der Waals surface area contributed by atoms with E-state index < -0.39 is 11.2 Å². The Hall–Kier alpha value is -2.36. The maximum Gasteiger partial charge on any atom is 0.332 e. The first-order valence-electron chi connectivity index (χ1n) is 6.19. The van der Waals surface area contributed by atoms with Gasteiger partial charge in [0.1, 0.15) is 6.07 Å². The molecule has 0 aliphatic rings. The van der Waals surface area contributed by atoms with Gasteiger partial charge in [0.25, 0.3) is 5.56 Å². The van der Waals surface area contributed by atoms with Gasteiger partial charge in [0.15, 0.2) is 11.2 Å². The molecule has 0 radical (unpaired) electrons. The Morgan fingerprint density at radius 1 is 1.37 bits per heavy atom. The lowest BCUT2D eigenvalue weighted by atomic mass is 10.2. The molecule has 7 nitrogen and oxygen atoms in total. The normalized spacial score (nSPS) is 10.8. The van der Waals surface area contributed by atoms with Crippen LogP contribution in [0.3, 0.4) is 0 Å². The lowest BCUT2D eigenvalue weighted by Crippen LogP contribution is -2.38. The third kappa shape index (κ3) is 2.17. The van der Waals surface area contributed by atoms with E-state index in [0.717, 1.165) is 23.8 Å². The number of aromatic nitrogens is 4. The predicted octanol–water partition coefficient (Wildman–Crippen LogP) is 0.485. The highest BCUT2D eigenvalue weighted by Crippen LogP contribution is 2.06. The van der Waals surface area contributed by atoms with Crippen LogP contribution in [0.1, 0.15) is 32.0 Å². The Kier molecular flexibility index (Phi) is 3.51. The van der Waals surface area contributed by atoms with Crippen LogP contribution in [-0.2, 0) is 13.6 Å². The molecule has 0 saturated carbocycles. The van der Waals surface area contributed by atoms with Crippen molar-refractivity contribution in [3.05, 3.63) is 26.7 Å². The smallest absolute Gasteiger partial charge is 0.324 e. The van der Waals surface area contributed by atoms with E-state index in [1.165, 1.54) is 11.6 Å². The Morgan fingerprint density at radius 3 is 2.74 bits per heavy atom. The van der Waals surface area contributed by atoms with Crippen LogP contribution < -0.4 is 11.2 Å². The Bertz CT molecular complexity index is 759. The fourth-order valence-corrected chi connectivity index (χ4v) is 2.01. The molecule has 2 rings (SSSR count). The fourth-order valence-electron chi connectivity index (χ4n) is 2.01. The summed E-state index contributed by atoms with van der Waals surface area (Å²) in [6.07, 6.45) is 2.86. The summed E-state index contributed by atoms with van der Waals surface area (Å²) in [4.78, 5) is 30.7. The maximum atomic E-state index is 12.1. The van der Waals surface area contributed by atoms with Gasteiger partial charge in [0.05, 0.1) is 0 Å². The standard InChI is InChI=1S/C12H15N5O2/c1-3-4-5-6-17-10-9(14-8(7-13)15-10)11(18)16(2)12(17)19/h3-6H2,1-2H3,(H,14,15). The second kappa shape index (κ2) is 5.10. The second-order valence-corrected chi connectivity index (χ2v) is 4.40. The fraction of sp³-hybridized carbons (Fsp3) is 0.500. The summed E-state index contributed by atoms with van der Waals surface area (Å²) in [6, 6.07) is 1.85. The molecule has 0 unspecified atom stereocenters. The van der Waals surface area contributed by atoms with Crippen molar-refractivity contribution in [2.24, 2.45) is 7.05 Å². The minimum absolute atomic E-state index is 0.0435. The summed E-state index contributed by atoms with van der Waals surface area (Å²) in [5.41, 5.74) is -0.388. The van der Waals surface area contributed by atoms with Crippen molar-refractivity contribution in [1.29, 1.82) is 5.26 Å². The van der Waals surface area contributed by atoms with Gasteiger partial charge in [-0.1, -0.05) is 19.8 Å². The molecule has 0 aliphatic carbocycles. The van der Waals surface area contributed by atoms with Gasteiger partial charge in [-0.25, -0.2) is 9.78 Å². The summed E-state index contributed by atoms with van der Waals surface area (Å²) < 4.78 is 2.48. The highest BCUT2D eigenvalue weighted by Gasteiger charge is 2.14. The Morgan fingerprint density at radius 2 is 2.11 bits per heavy atom. The van der Waals surface area contributed by atoms with Gasteiger partial charge in [-0.3, -0.25) is 13.9 Å². The monoisotopic (exact) mass is 261 g/mol. The molecule has 0 aliphatic heterocycles. The molecule has 0 fully saturated rings. The van der Waals surface area contributed by atoms with Gasteiger partial charge in [0, 0.05) is 13.6 Å². The quantitative estimate of drug-likeness (QED) is 0.810. The number of imidazole rings is 1. The van der Waals surface area contributed by atoms with Crippen LogP contribution in [0.5, 0.6) is 0 Å². The molecule has 2 aromatic heterocycles. The lowest BCUT2D eigenvalue weighted by Gasteiger charge is -2.07. The van der Waals surface area contributed by atoms with E-state index >= 15 is 0 Å². The first-order chi connectivity index (χ1) is 9.10. The number of nitrogens with zero attached hydrogens (tertiary/aromatic N) is 4. The lowest BCUT2D eigenvalue weighted by molar-refractivity contribution is 0.566. The Labute approximate surface area is 109 Å². The minimum Gasteiger partial charge on any atom is -0.324 e. The molecular formula is C12H15N5O2. The molecule has 19 heavy (non-hydrogen) atoms. The van der Waals surface area contributed by atoms with Crippen molar-refractivity contribution in [2.45, 2.75) is 32.7 Å². The molecule has 0 amide bonds. The van der Waals surface area contributed by atoms with Crippen molar-refractivity contribution < 1.29 is 0 Å². The minimum atomic E-state index is -0.458. The third-order valence-corrected chi connectivity index (χ3v) is 3.07. The topological polar surface area (TPSA) is 96.5 Å². The molecule has 7 heteroatoms. The van der Waals surface area contributed by atoms with Crippen LogP contribution in [0.25, 0.3) is 11.2 Å². The Balaban J connectivity index is 2.67. The molecule has 2 heterocycles. The van der Waals surface area contributed by atoms with Gasteiger partial charge in [-0.05, 0) is 6.42 Å². The highest BCUT2D eigenvalue weighted by molar-refractivity contribution is 5.70. The average Bonchev–Trinajstić information content (AvgIpc) is 2.84. The van der Waals surface area contributed by atoms with Crippen molar-refractivity contribution >= 4 is 11.2 Å². The van der Waals surface area contributed by atoms with Crippen molar-refractivity contribution in [1.82, 2.24) is 19.1 Å². The molecule has 0 bridgehead atoms. The van der Waals surface area contributed by atoms with Crippen LogP contribution in [0.15, 0.2) is 9.59 Å². The van der Waals surface area contributed by atoms with Crippen molar-refractivity contribution in [2.75, 3.05) is 0 Å². The molecule has 2 aromatic rings. The molecule has 0 atom stereocenters. The largest absolute Gasteiger partial charge is 0.332 e. The number of unbranched alkanes of at least 4 members (excludes halogenated alkanes) is 2. The first-order valence-corrected chi connectivity index (χ1v) is 6.19. The van der Waals surface area contributed by atoms with E-state index in [1.807, 2.05) is 6.07 Å². The van der Waals surface area contributed by atoms with Crippen LogP contribution in [0.4, 0.5) is 0 Å². The zero-order valence-corrected chi connectivity index (χ0v) is 10.9.